The van der Waals surface area contributed by atoms with Gasteiger partial charge >= 0.3 is 5.97 Å². The lowest BCUT2D eigenvalue weighted by molar-refractivity contribution is 0.0696. The molecule has 61 heavy (non-hydrogen) atoms. The molecule has 0 aliphatic rings. The number of fused-ring (bicyclic) bond motifs is 2. The highest BCUT2D eigenvalue weighted by molar-refractivity contribution is 5.87. The van der Waals surface area contributed by atoms with Crippen LogP contribution in [0.4, 0.5) is 26.3 Å². The second kappa shape index (κ2) is 17.3. The molecule has 0 fully saturated rings. The van der Waals surface area contributed by atoms with Crippen LogP contribution in [0.15, 0.2) is 120 Å². The van der Waals surface area contributed by atoms with E-state index in [2.05, 4.69) is 19.9 Å². The van der Waals surface area contributed by atoms with Gasteiger partial charge in [0.2, 0.25) is 11.8 Å². The van der Waals surface area contributed by atoms with E-state index in [1.54, 1.807) is 6.07 Å². The number of rotatable bonds is 10. The van der Waals surface area contributed by atoms with E-state index in [1.165, 1.54) is 69.9 Å². The van der Waals surface area contributed by atoms with Gasteiger partial charge in [0, 0.05) is 65.5 Å². The van der Waals surface area contributed by atoms with Crippen LogP contribution in [0.3, 0.4) is 0 Å². The van der Waals surface area contributed by atoms with Crippen molar-refractivity contribution in [3.05, 3.63) is 188 Å². The minimum absolute atomic E-state index is 0.0156. The Morgan fingerprint density at radius 3 is 1.41 bits per heavy atom. The Morgan fingerprint density at radius 2 is 1.03 bits per heavy atom. The van der Waals surface area contributed by atoms with Gasteiger partial charge in [0.1, 0.15) is 46.4 Å². The standard InChI is InChI=1S/C21H12F3N3O4.C21H12F3N3O3/c22-12-5-16(23)15(17(24)6-12)9-27-10-26-20(28)14-7-13(2-3-18(14)27)31-19-4-1-11(8-25-19)21(29)30;22-13-5-17(23)16(18(24)6-13)9-27-11-26-21(29)15-7-14(2-3-19(15)27)30-20-4-1-12(10-28)8-25-20/h1-8,10H,9H2,(H,29,30);1-8,10-11H,9H2. The number of hydrogen-bond donors (Lipinski definition) is 1. The minimum Gasteiger partial charge on any atom is -0.478 e. The van der Waals surface area contributed by atoms with E-state index in [0.717, 1.165) is 18.9 Å². The number of halogens is 6. The van der Waals surface area contributed by atoms with E-state index in [1.807, 2.05) is 0 Å². The summed E-state index contributed by atoms with van der Waals surface area (Å²) in [6.07, 6.45) is 5.41. The summed E-state index contributed by atoms with van der Waals surface area (Å²) in [6.45, 7) is -0.614. The van der Waals surface area contributed by atoms with Crippen molar-refractivity contribution in [1.29, 1.82) is 0 Å². The van der Waals surface area contributed by atoms with Crippen LogP contribution < -0.4 is 20.6 Å². The SMILES string of the molecule is O=C(O)c1ccc(Oc2ccc3c(c2)c(=O)ncn3Cc2c(F)cc(F)cc2F)nc1.O=Cc1ccc(Oc2ccc3c(c2)c(=O)ncn3Cc2c(F)cc(F)cc2F)nc1. The average Bonchev–Trinajstić information content (AvgIpc) is 3.23. The van der Waals surface area contributed by atoms with Gasteiger partial charge in [-0.15, -0.1) is 0 Å². The molecule has 8 aromatic rings. The Morgan fingerprint density at radius 1 is 0.590 bits per heavy atom. The average molecular weight is 839 g/mol. The number of pyridine rings is 2. The lowest BCUT2D eigenvalue weighted by Gasteiger charge is -2.12. The van der Waals surface area contributed by atoms with Crippen LogP contribution >= 0.6 is 0 Å². The number of aromatic carboxylic acids is 1. The van der Waals surface area contributed by atoms with Crippen molar-refractivity contribution in [2.24, 2.45) is 0 Å². The van der Waals surface area contributed by atoms with Gasteiger partial charge in [-0.05, 0) is 48.5 Å². The third-order valence-electron chi connectivity index (χ3n) is 8.84. The molecular weight excluding hydrogens is 814 g/mol. The molecule has 306 valence electrons. The molecule has 0 unspecified atom stereocenters. The molecule has 1 N–H and O–H groups in total. The molecule has 0 bridgehead atoms. The number of carboxylic acids is 1. The zero-order valence-electron chi connectivity index (χ0n) is 30.7. The fraction of sp³-hybridized carbons (Fsp3) is 0.0476. The monoisotopic (exact) mass is 838 g/mol. The van der Waals surface area contributed by atoms with Gasteiger partial charge in [0.15, 0.2) is 6.29 Å². The van der Waals surface area contributed by atoms with Crippen LogP contribution in [0.25, 0.3) is 21.8 Å². The summed E-state index contributed by atoms with van der Waals surface area (Å²) in [7, 11) is 0. The van der Waals surface area contributed by atoms with Gasteiger partial charge < -0.3 is 23.7 Å². The first-order valence-electron chi connectivity index (χ1n) is 17.5. The van der Waals surface area contributed by atoms with Crippen LogP contribution in [0.5, 0.6) is 23.3 Å². The maximum atomic E-state index is 14.0. The molecule has 0 spiro atoms. The third-order valence-corrected chi connectivity index (χ3v) is 8.84. The zero-order chi connectivity index (χ0) is 43.4. The molecular formula is C42H24F6N6O7. The molecule has 0 aliphatic carbocycles. The Labute approximate surface area is 337 Å². The molecule has 4 heterocycles. The van der Waals surface area contributed by atoms with Crippen LogP contribution in [-0.4, -0.2) is 46.4 Å². The van der Waals surface area contributed by atoms with Crippen LogP contribution in [0.1, 0.15) is 31.8 Å². The number of benzene rings is 4. The van der Waals surface area contributed by atoms with Crippen LogP contribution in [0.2, 0.25) is 0 Å². The highest BCUT2D eigenvalue weighted by Gasteiger charge is 2.16. The molecule has 0 aliphatic heterocycles. The molecule has 0 radical (unpaired) electrons. The number of carbonyl (C=O) groups excluding carboxylic acids is 1. The fourth-order valence-corrected chi connectivity index (χ4v) is 5.88. The van der Waals surface area contributed by atoms with Crippen LogP contribution in [0, 0.1) is 34.9 Å². The Bertz CT molecular complexity index is 3060. The van der Waals surface area contributed by atoms with Crippen molar-refractivity contribution in [2.75, 3.05) is 0 Å². The van der Waals surface area contributed by atoms with Crippen molar-refractivity contribution in [3.8, 4) is 23.3 Å². The lowest BCUT2D eigenvalue weighted by Crippen LogP contribution is -2.14. The topological polar surface area (TPSA) is 168 Å². The number of nitrogens with zero attached hydrogens (tertiary/aromatic N) is 6. The van der Waals surface area contributed by atoms with Crippen molar-refractivity contribution in [3.63, 3.8) is 0 Å². The smallest absolute Gasteiger partial charge is 0.337 e. The summed E-state index contributed by atoms with van der Waals surface area (Å²) in [5.41, 5.74) is -0.841. The maximum absolute atomic E-state index is 14.0. The fourth-order valence-electron chi connectivity index (χ4n) is 5.88. The minimum atomic E-state index is -1.13. The van der Waals surface area contributed by atoms with Gasteiger partial charge in [-0.1, -0.05) is 0 Å². The summed E-state index contributed by atoms with van der Waals surface area (Å²) < 4.78 is 96.2. The van der Waals surface area contributed by atoms with E-state index in [0.29, 0.717) is 47.1 Å². The van der Waals surface area contributed by atoms with Gasteiger partial charge in [0.05, 0.1) is 53.1 Å². The van der Waals surface area contributed by atoms with Crippen LogP contribution in [-0.2, 0) is 13.1 Å². The van der Waals surface area contributed by atoms with E-state index in [4.69, 9.17) is 14.6 Å². The number of hydrogen-bond acceptors (Lipinski definition) is 10. The molecule has 8 rings (SSSR count). The van der Waals surface area contributed by atoms with E-state index < -0.39 is 52.0 Å². The first-order valence-corrected chi connectivity index (χ1v) is 17.5. The molecule has 13 nitrogen and oxygen atoms in total. The largest absolute Gasteiger partial charge is 0.478 e. The predicted octanol–water partition coefficient (Wildman–Crippen LogP) is 7.61. The normalized spacial score (nSPS) is 10.9. The van der Waals surface area contributed by atoms with Gasteiger partial charge in [-0.2, -0.15) is 9.97 Å². The first kappa shape index (κ1) is 41.0. The third kappa shape index (κ3) is 9.25. The Hall–Kier alpha value is -8.22. The second-order valence-corrected chi connectivity index (χ2v) is 12.9. The predicted molar refractivity (Wildman–Crippen MR) is 204 cm³/mol. The number of aromatic nitrogens is 6. The molecule has 0 saturated heterocycles. The first-order chi connectivity index (χ1) is 29.3. The number of carbonyl (C=O) groups is 2. The van der Waals surface area contributed by atoms with E-state index in [-0.39, 0.29) is 63.8 Å². The van der Waals surface area contributed by atoms with Gasteiger partial charge in [-0.3, -0.25) is 14.4 Å². The molecule has 4 aromatic heterocycles. The second-order valence-electron chi connectivity index (χ2n) is 12.9. The van der Waals surface area contributed by atoms with E-state index in [9.17, 15) is 45.5 Å². The molecule has 0 amide bonds. The zero-order valence-corrected chi connectivity index (χ0v) is 30.7. The summed E-state index contributed by atoms with van der Waals surface area (Å²) in [6, 6.07) is 16.9. The van der Waals surface area contributed by atoms with Crippen molar-refractivity contribution >= 4 is 34.1 Å². The quantitative estimate of drug-likeness (QED) is 0.106. The molecule has 0 atom stereocenters. The summed E-state index contributed by atoms with van der Waals surface area (Å²) >= 11 is 0. The Balaban J connectivity index is 0.000000184. The highest BCUT2D eigenvalue weighted by atomic mass is 19.2. The number of ether oxygens (including phenoxy) is 2. The van der Waals surface area contributed by atoms with Gasteiger partial charge in [-0.25, -0.2) is 41.1 Å². The molecule has 19 heteroatoms. The summed E-state index contributed by atoms with van der Waals surface area (Å²) in [5, 5.41) is 9.17. The van der Waals surface area contributed by atoms with Crippen molar-refractivity contribution in [1.82, 2.24) is 29.1 Å². The summed E-state index contributed by atoms with van der Waals surface area (Å²) in [4.78, 5) is 61.3. The van der Waals surface area contributed by atoms with Crippen molar-refractivity contribution < 1.29 is 50.5 Å². The molecule has 0 saturated carbocycles. The Kier molecular flexibility index (Phi) is 11.6. The summed E-state index contributed by atoms with van der Waals surface area (Å²) in [5.74, 6) is -6.56. The molecule has 4 aromatic carbocycles. The highest BCUT2D eigenvalue weighted by Crippen LogP contribution is 2.26. The van der Waals surface area contributed by atoms with Crippen molar-refractivity contribution in [2.45, 2.75) is 13.1 Å². The number of carboxylic acid groups (broad SMARTS) is 1. The maximum Gasteiger partial charge on any atom is 0.337 e. The number of aldehydes is 1. The van der Waals surface area contributed by atoms with Gasteiger partial charge in [0.25, 0.3) is 11.1 Å². The lowest BCUT2D eigenvalue weighted by atomic mass is 10.1. The van der Waals surface area contributed by atoms with E-state index >= 15 is 0 Å².